The quantitative estimate of drug-likeness (QED) is 0.0688. The Kier molecular flexibility index (Phi) is 11.4. The Morgan fingerprint density at radius 1 is 0.925 bits per heavy atom. The maximum absolute atomic E-state index is 13.5. The summed E-state index contributed by atoms with van der Waals surface area (Å²) in [6.07, 6.45) is 13.1. The van der Waals surface area contributed by atoms with Gasteiger partial charge in [-0.05, 0) is 86.5 Å². The molecule has 282 valence electrons. The number of aromatic nitrogens is 4. The first kappa shape index (κ1) is 38.1. The predicted octanol–water partition coefficient (Wildman–Crippen LogP) is 9.61. The molecule has 4 aromatic rings. The molecule has 3 aliphatic rings. The number of benzene rings is 2. The number of likely N-dealkylation sites (tertiary alicyclic amines) is 1. The summed E-state index contributed by atoms with van der Waals surface area (Å²) < 4.78 is 0.0399. The number of hydrogen-bond donors (Lipinski definition) is 5. The number of carbonyl (C=O) groups is 2. The summed E-state index contributed by atoms with van der Waals surface area (Å²) in [5.41, 5.74) is 6.39. The van der Waals surface area contributed by atoms with Crippen LogP contribution in [-0.4, -0.2) is 64.1 Å². The van der Waals surface area contributed by atoms with Crippen molar-refractivity contribution in [1.29, 1.82) is 0 Å². The Balaban J connectivity index is 0.973. The van der Waals surface area contributed by atoms with Gasteiger partial charge in [0.2, 0.25) is 11.8 Å². The van der Waals surface area contributed by atoms with E-state index in [1.807, 2.05) is 12.4 Å². The summed E-state index contributed by atoms with van der Waals surface area (Å²) in [6.45, 7) is 9.64. The average molecular weight is 771 g/mol. The highest BCUT2D eigenvalue weighted by molar-refractivity contribution is 8.09. The molecule has 8 nitrogen and oxygen atoms in total. The van der Waals surface area contributed by atoms with Gasteiger partial charge in [0, 0.05) is 23.6 Å². The minimum atomic E-state index is -0.439. The molecule has 3 saturated heterocycles. The molecule has 7 rings (SSSR count). The molecular weight excluding hydrogens is 717 g/mol. The fraction of sp³-hybridized carbons (Fsp3) is 0.524. The molecule has 3 fully saturated rings. The van der Waals surface area contributed by atoms with Crippen molar-refractivity contribution in [2.75, 3.05) is 6.54 Å². The molecule has 6 unspecified atom stereocenters. The van der Waals surface area contributed by atoms with Crippen LogP contribution < -0.4 is 5.32 Å². The number of aromatic amines is 2. The van der Waals surface area contributed by atoms with Crippen LogP contribution in [0.2, 0.25) is 0 Å². The lowest BCUT2D eigenvalue weighted by Crippen LogP contribution is -2.42. The number of H-pyrrole nitrogens is 2. The molecule has 3 N–H and O–H groups in total. The fourth-order valence-electron chi connectivity index (χ4n) is 8.14. The summed E-state index contributed by atoms with van der Waals surface area (Å²) in [6, 6.07) is 17.2. The van der Waals surface area contributed by atoms with E-state index in [0.29, 0.717) is 12.3 Å². The van der Waals surface area contributed by atoms with Gasteiger partial charge in [0.05, 0.1) is 45.2 Å². The van der Waals surface area contributed by atoms with Gasteiger partial charge in [-0.2, -0.15) is 25.3 Å². The third-order valence-electron chi connectivity index (χ3n) is 11.9. The monoisotopic (exact) mass is 770 g/mol. The molecule has 2 aromatic heterocycles. The Morgan fingerprint density at radius 3 is 2.13 bits per heavy atom. The van der Waals surface area contributed by atoms with Crippen molar-refractivity contribution in [3.63, 3.8) is 0 Å². The van der Waals surface area contributed by atoms with E-state index in [1.165, 1.54) is 0 Å². The summed E-state index contributed by atoms with van der Waals surface area (Å²) >= 11 is 11.7. The number of nitrogens with zero attached hydrogens (tertiary/aromatic N) is 3. The molecular formula is C42H54N6O2S3. The maximum Gasteiger partial charge on any atom is 0.237 e. The normalized spacial score (nSPS) is 25.6. The third kappa shape index (κ3) is 8.27. The molecule has 11 heteroatoms. The second-order valence-corrected chi connectivity index (χ2v) is 18.9. The lowest BCUT2D eigenvalue weighted by molar-refractivity contribution is -0.131. The Morgan fingerprint density at radius 2 is 1.53 bits per heavy atom. The van der Waals surface area contributed by atoms with Crippen LogP contribution in [0, 0.1) is 5.92 Å². The first-order valence-corrected chi connectivity index (χ1v) is 21.3. The van der Waals surface area contributed by atoms with Crippen molar-refractivity contribution in [3.8, 4) is 33.6 Å². The van der Waals surface area contributed by atoms with E-state index in [-0.39, 0.29) is 39.0 Å². The molecule has 0 spiro atoms. The second-order valence-electron chi connectivity index (χ2n) is 15.9. The molecule has 0 aliphatic carbocycles. The number of amides is 2. The van der Waals surface area contributed by atoms with E-state index < -0.39 is 4.87 Å². The number of rotatable bonds is 13. The number of hydrogen-bond acceptors (Lipinski definition) is 7. The van der Waals surface area contributed by atoms with Gasteiger partial charge in [0.25, 0.3) is 0 Å². The predicted molar refractivity (Wildman–Crippen MR) is 223 cm³/mol. The van der Waals surface area contributed by atoms with Crippen molar-refractivity contribution in [2.24, 2.45) is 5.92 Å². The summed E-state index contributed by atoms with van der Waals surface area (Å²) in [7, 11) is 0. The van der Waals surface area contributed by atoms with Gasteiger partial charge in [0.15, 0.2) is 0 Å². The van der Waals surface area contributed by atoms with Crippen LogP contribution in [0.1, 0.15) is 115 Å². The molecule has 2 aromatic carbocycles. The zero-order chi connectivity index (χ0) is 37.3. The second kappa shape index (κ2) is 15.9. The van der Waals surface area contributed by atoms with Crippen LogP contribution in [0.5, 0.6) is 0 Å². The Labute approximate surface area is 329 Å². The average Bonchev–Trinajstić information content (AvgIpc) is 3.60. The number of imidazole rings is 2. The third-order valence-corrected chi connectivity index (χ3v) is 14.9. The van der Waals surface area contributed by atoms with Gasteiger partial charge in [-0.1, -0.05) is 75.7 Å². The molecule has 0 saturated carbocycles. The first-order chi connectivity index (χ1) is 25.5. The van der Waals surface area contributed by atoms with Gasteiger partial charge < -0.3 is 20.2 Å². The topological polar surface area (TPSA) is 107 Å². The zero-order valence-electron chi connectivity index (χ0n) is 31.4. The van der Waals surface area contributed by atoms with Crippen LogP contribution in [0.4, 0.5) is 0 Å². The van der Waals surface area contributed by atoms with Crippen molar-refractivity contribution >= 4 is 48.8 Å². The van der Waals surface area contributed by atoms with E-state index in [9.17, 15) is 9.59 Å². The van der Waals surface area contributed by atoms with Crippen molar-refractivity contribution in [2.45, 2.75) is 124 Å². The number of carbonyl (C=O) groups excluding carboxylic acids is 2. The van der Waals surface area contributed by atoms with E-state index in [2.05, 4.69) is 96.4 Å². The molecule has 0 radical (unpaired) electrons. The Bertz CT molecular complexity index is 1890. The van der Waals surface area contributed by atoms with Gasteiger partial charge in [-0.15, -0.1) is 11.8 Å². The maximum atomic E-state index is 13.5. The van der Waals surface area contributed by atoms with Gasteiger partial charge >= 0.3 is 0 Å². The standard InChI is InChI=1S/C42H54N6O2S3/c1-5-9-31(20-22-42(52)21-7-6-11-35(49)47-42)38-43-24-32(45-38)29-16-12-27(13-17-29)28-14-18-30(19-15-28)33-25-44-39(46-33)36(51)34-10-8-23-48(34)40(50)37-41(4,53-37)26(2)3/h12-19,24-26,31,34,36-37,51-52H,5-11,20-23H2,1-4H3,(H,43,45)(H,44,46)(H,47,49). The van der Waals surface area contributed by atoms with Gasteiger partial charge in [-0.3, -0.25) is 9.59 Å². The van der Waals surface area contributed by atoms with Crippen molar-refractivity contribution < 1.29 is 9.59 Å². The van der Waals surface area contributed by atoms with E-state index in [1.54, 1.807) is 11.8 Å². The molecule has 3 aliphatic heterocycles. The highest BCUT2D eigenvalue weighted by atomic mass is 32.2. The summed E-state index contributed by atoms with van der Waals surface area (Å²) in [5.74, 6) is 2.94. The highest BCUT2D eigenvalue weighted by Crippen LogP contribution is 2.59. The van der Waals surface area contributed by atoms with Crippen LogP contribution in [0.3, 0.4) is 0 Å². The van der Waals surface area contributed by atoms with Crippen LogP contribution in [-0.2, 0) is 9.59 Å². The van der Waals surface area contributed by atoms with Crippen LogP contribution >= 0.6 is 37.0 Å². The summed E-state index contributed by atoms with van der Waals surface area (Å²) in [5, 5.41) is 3.05. The minimum absolute atomic E-state index is 0.0399. The number of nitrogens with one attached hydrogen (secondary N) is 3. The molecule has 53 heavy (non-hydrogen) atoms. The SMILES string of the molecule is CCCC(CCC1(S)CCCCC(=O)N1)c1ncc(-c2ccc(-c3ccc(-c4cnc(C(S)C5CCCN5C(=O)C5SC5(C)C(C)C)[nH]4)cc3)cc2)[nH]1. The fourth-order valence-corrected chi connectivity index (χ4v) is 10.3. The van der Waals surface area contributed by atoms with Crippen molar-refractivity contribution in [3.05, 3.63) is 72.6 Å². The number of thioether (sulfide) groups is 1. The van der Waals surface area contributed by atoms with Crippen LogP contribution in [0.15, 0.2) is 60.9 Å². The molecule has 5 heterocycles. The largest absolute Gasteiger partial charge is 0.342 e. The molecule has 0 bridgehead atoms. The van der Waals surface area contributed by atoms with Gasteiger partial charge in [-0.25, -0.2) is 9.97 Å². The van der Waals surface area contributed by atoms with Crippen molar-refractivity contribution in [1.82, 2.24) is 30.2 Å². The van der Waals surface area contributed by atoms with Gasteiger partial charge in [0.1, 0.15) is 11.6 Å². The number of thiol groups is 2. The first-order valence-electron chi connectivity index (χ1n) is 19.5. The lowest BCUT2D eigenvalue weighted by atomic mass is 9.93. The molecule has 6 atom stereocenters. The van der Waals surface area contributed by atoms with E-state index in [4.69, 9.17) is 35.2 Å². The zero-order valence-corrected chi connectivity index (χ0v) is 34.0. The van der Waals surface area contributed by atoms with Crippen LogP contribution in [0.25, 0.3) is 33.6 Å². The smallest absolute Gasteiger partial charge is 0.237 e. The Hall–Kier alpha value is -3.15. The highest BCUT2D eigenvalue weighted by Gasteiger charge is 2.59. The lowest BCUT2D eigenvalue weighted by Gasteiger charge is -2.29. The molecule has 2 amide bonds. The van der Waals surface area contributed by atoms with E-state index >= 15 is 0 Å². The van der Waals surface area contributed by atoms with E-state index in [0.717, 1.165) is 110 Å². The summed E-state index contributed by atoms with van der Waals surface area (Å²) in [4.78, 5) is 44.0. The minimum Gasteiger partial charge on any atom is -0.342 e.